The van der Waals surface area contributed by atoms with Crippen molar-refractivity contribution in [3.8, 4) is 22.5 Å². The van der Waals surface area contributed by atoms with Crippen LogP contribution < -0.4 is 10.0 Å². The van der Waals surface area contributed by atoms with E-state index in [9.17, 15) is 8.42 Å². The summed E-state index contributed by atoms with van der Waals surface area (Å²) in [5.41, 5.74) is 3.00. The quantitative estimate of drug-likeness (QED) is 0.510. The first-order valence-corrected chi connectivity index (χ1v) is 12.2. The highest BCUT2D eigenvalue weighted by Crippen LogP contribution is 2.39. The number of hydrogen-bond acceptors (Lipinski definition) is 7. The van der Waals surface area contributed by atoms with E-state index in [0.717, 1.165) is 32.7 Å². The van der Waals surface area contributed by atoms with Crippen LogP contribution in [0.5, 0.6) is 0 Å². The fourth-order valence-electron chi connectivity index (χ4n) is 3.76. The second kappa shape index (κ2) is 7.97. The van der Waals surface area contributed by atoms with E-state index in [4.69, 9.17) is 15.1 Å². The van der Waals surface area contributed by atoms with Gasteiger partial charge in [-0.3, -0.25) is 4.98 Å². The fraction of sp³-hybridized carbons (Fsp3) is 0.190. The van der Waals surface area contributed by atoms with Gasteiger partial charge in [0.15, 0.2) is 5.82 Å². The number of pyridine rings is 1. The lowest BCUT2D eigenvalue weighted by molar-refractivity contribution is 0.385. The third kappa shape index (κ3) is 3.90. The predicted molar refractivity (Wildman–Crippen MR) is 123 cm³/mol. The van der Waals surface area contributed by atoms with Crippen molar-refractivity contribution in [3.63, 3.8) is 0 Å². The number of nitrogens with two attached hydrogens (primary N) is 1. The Balaban J connectivity index is 1.64. The Morgan fingerprint density at radius 3 is 2.35 bits per heavy atom. The summed E-state index contributed by atoms with van der Waals surface area (Å²) >= 11 is 1.58. The van der Waals surface area contributed by atoms with E-state index >= 15 is 0 Å². The van der Waals surface area contributed by atoms with Crippen molar-refractivity contribution in [1.82, 2.24) is 19.3 Å². The summed E-state index contributed by atoms with van der Waals surface area (Å²) in [5, 5.41) is 8.40. The number of benzene rings is 1. The van der Waals surface area contributed by atoms with Gasteiger partial charge in [0.25, 0.3) is 10.2 Å². The van der Waals surface area contributed by atoms with Crippen molar-refractivity contribution >= 4 is 37.6 Å². The van der Waals surface area contributed by atoms with Gasteiger partial charge in [-0.15, -0.1) is 11.3 Å². The lowest BCUT2D eigenvalue weighted by atomic mass is 10.1. The Kier molecular flexibility index (Phi) is 5.14. The molecule has 4 aromatic rings. The van der Waals surface area contributed by atoms with E-state index in [1.165, 1.54) is 4.31 Å². The van der Waals surface area contributed by atoms with Crippen LogP contribution in [0.4, 0.5) is 5.82 Å². The van der Waals surface area contributed by atoms with Crippen molar-refractivity contribution < 1.29 is 8.42 Å². The van der Waals surface area contributed by atoms with Gasteiger partial charge in [-0.25, -0.2) is 15.1 Å². The molecule has 1 aliphatic rings. The second-order valence-corrected chi connectivity index (χ2v) is 9.64. The molecule has 0 radical (unpaired) electrons. The average Bonchev–Trinajstić information content (AvgIpc) is 3.23. The van der Waals surface area contributed by atoms with Crippen molar-refractivity contribution in [3.05, 3.63) is 60.2 Å². The minimum absolute atomic E-state index is 0.317. The first kappa shape index (κ1) is 20.0. The molecule has 10 heteroatoms. The maximum atomic E-state index is 11.7. The maximum Gasteiger partial charge on any atom is 0.277 e. The molecule has 0 atom stereocenters. The van der Waals surface area contributed by atoms with E-state index in [0.29, 0.717) is 32.0 Å². The molecule has 0 saturated carbocycles. The molecular formula is C21H20N6O2S2. The summed E-state index contributed by atoms with van der Waals surface area (Å²) in [6.07, 6.45) is 3.46. The highest BCUT2D eigenvalue weighted by molar-refractivity contribution is 7.86. The highest BCUT2D eigenvalue weighted by Gasteiger charge is 2.27. The van der Waals surface area contributed by atoms with E-state index < -0.39 is 10.2 Å². The normalized spacial score (nSPS) is 15.5. The second-order valence-electron chi connectivity index (χ2n) is 7.24. The van der Waals surface area contributed by atoms with Gasteiger partial charge >= 0.3 is 0 Å². The van der Waals surface area contributed by atoms with E-state index in [1.807, 2.05) is 30.3 Å². The molecular weight excluding hydrogens is 432 g/mol. The summed E-state index contributed by atoms with van der Waals surface area (Å²) in [6.45, 7) is 1.63. The first-order valence-electron chi connectivity index (χ1n) is 9.78. The zero-order valence-electron chi connectivity index (χ0n) is 16.5. The summed E-state index contributed by atoms with van der Waals surface area (Å²) in [5.74, 6) is 1.41. The Morgan fingerprint density at radius 2 is 1.68 bits per heavy atom. The Labute approximate surface area is 184 Å². The number of fused-ring (bicyclic) bond motifs is 1. The van der Waals surface area contributed by atoms with Gasteiger partial charge in [0.2, 0.25) is 0 Å². The molecule has 2 N–H and O–H groups in total. The van der Waals surface area contributed by atoms with Crippen molar-refractivity contribution in [2.45, 2.75) is 0 Å². The number of aromatic nitrogens is 3. The molecule has 5 rings (SSSR count). The lowest BCUT2D eigenvalue weighted by Gasteiger charge is -2.34. The van der Waals surface area contributed by atoms with Gasteiger partial charge in [-0.1, -0.05) is 30.3 Å². The first-order chi connectivity index (χ1) is 15.0. The molecule has 158 valence electrons. The minimum atomic E-state index is -3.70. The molecule has 0 bridgehead atoms. The van der Waals surface area contributed by atoms with Gasteiger partial charge in [0.1, 0.15) is 10.6 Å². The maximum absolute atomic E-state index is 11.7. The van der Waals surface area contributed by atoms with Crippen LogP contribution in [-0.4, -0.2) is 53.9 Å². The van der Waals surface area contributed by atoms with Crippen LogP contribution in [0, 0.1) is 0 Å². The molecule has 3 aromatic heterocycles. The molecule has 0 unspecified atom stereocenters. The third-order valence-electron chi connectivity index (χ3n) is 5.32. The molecule has 1 aliphatic heterocycles. The average molecular weight is 453 g/mol. The molecule has 0 spiro atoms. The smallest absolute Gasteiger partial charge is 0.277 e. The highest BCUT2D eigenvalue weighted by atomic mass is 32.2. The predicted octanol–water partition coefficient (Wildman–Crippen LogP) is 2.75. The largest absolute Gasteiger partial charge is 0.353 e. The Hall–Kier alpha value is -2.92. The third-order valence-corrected chi connectivity index (χ3v) is 7.27. The minimum Gasteiger partial charge on any atom is -0.353 e. The SMILES string of the molecule is NS(=O)(=O)N1CCN(c2nc(-c3cccnc3)nc3scc(-c4ccccc4)c23)CC1. The van der Waals surface area contributed by atoms with Crippen LogP contribution >= 0.6 is 11.3 Å². The lowest BCUT2D eigenvalue weighted by Crippen LogP contribution is -2.51. The van der Waals surface area contributed by atoms with Crippen LogP contribution in [0.2, 0.25) is 0 Å². The van der Waals surface area contributed by atoms with Gasteiger partial charge < -0.3 is 4.90 Å². The number of nitrogens with zero attached hydrogens (tertiary/aromatic N) is 5. The summed E-state index contributed by atoms with van der Waals surface area (Å²) in [4.78, 5) is 16.9. The van der Waals surface area contributed by atoms with Gasteiger partial charge in [-0.2, -0.15) is 12.7 Å². The standard InChI is InChI=1S/C21H20N6O2S2/c22-31(28,29)27-11-9-26(10-12-27)20-18-17(15-5-2-1-3-6-15)14-30-21(18)25-19(24-20)16-7-4-8-23-13-16/h1-8,13-14H,9-12H2,(H2,22,28,29). The number of piperazine rings is 1. The van der Waals surface area contributed by atoms with Gasteiger partial charge in [0, 0.05) is 55.1 Å². The molecule has 31 heavy (non-hydrogen) atoms. The van der Waals surface area contributed by atoms with Crippen molar-refractivity contribution in [2.75, 3.05) is 31.1 Å². The van der Waals surface area contributed by atoms with E-state index in [-0.39, 0.29) is 0 Å². The van der Waals surface area contributed by atoms with E-state index in [1.54, 1.807) is 23.7 Å². The molecule has 0 amide bonds. The van der Waals surface area contributed by atoms with Crippen LogP contribution in [0.25, 0.3) is 32.7 Å². The number of anilines is 1. The molecule has 8 nitrogen and oxygen atoms in total. The summed E-state index contributed by atoms with van der Waals surface area (Å²) in [6, 6.07) is 13.9. The molecule has 4 heterocycles. The Morgan fingerprint density at radius 1 is 0.935 bits per heavy atom. The zero-order valence-corrected chi connectivity index (χ0v) is 18.2. The number of hydrogen-bond donors (Lipinski definition) is 1. The van der Waals surface area contributed by atoms with Crippen LogP contribution in [-0.2, 0) is 10.2 Å². The Bertz CT molecular complexity index is 1320. The molecule has 1 fully saturated rings. The summed E-state index contributed by atoms with van der Waals surface area (Å²) in [7, 11) is -3.70. The van der Waals surface area contributed by atoms with Crippen LogP contribution in [0.3, 0.4) is 0 Å². The fourth-order valence-corrected chi connectivity index (χ4v) is 5.37. The van der Waals surface area contributed by atoms with Crippen LogP contribution in [0.15, 0.2) is 60.2 Å². The van der Waals surface area contributed by atoms with Crippen LogP contribution in [0.1, 0.15) is 0 Å². The van der Waals surface area contributed by atoms with Gasteiger partial charge in [0.05, 0.1) is 5.39 Å². The zero-order chi connectivity index (χ0) is 21.4. The number of rotatable bonds is 4. The van der Waals surface area contributed by atoms with Crippen molar-refractivity contribution in [2.24, 2.45) is 5.14 Å². The van der Waals surface area contributed by atoms with E-state index in [2.05, 4.69) is 27.4 Å². The summed E-state index contributed by atoms with van der Waals surface area (Å²) < 4.78 is 24.8. The van der Waals surface area contributed by atoms with Crippen molar-refractivity contribution in [1.29, 1.82) is 0 Å². The molecule has 1 saturated heterocycles. The number of thiophene rings is 1. The monoisotopic (exact) mass is 452 g/mol. The molecule has 1 aromatic carbocycles. The molecule has 0 aliphatic carbocycles. The van der Waals surface area contributed by atoms with Gasteiger partial charge in [-0.05, 0) is 17.7 Å². The topological polar surface area (TPSA) is 105 Å².